The summed E-state index contributed by atoms with van der Waals surface area (Å²) in [5.41, 5.74) is 10.6. The molecule has 0 atom stereocenters. The molecule has 0 saturated carbocycles. The van der Waals surface area contributed by atoms with Gasteiger partial charge in [-0.05, 0) is 60.9 Å². The van der Waals surface area contributed by atoms with Gasteiger partial charge in [0.2, 0.25) is 0 Å². The summed E-state index contributed by atoms with van der Waals surface area (Å²) in [5, 5.41) is 0. The Labute approximate surface area is 182 Å². The molecule has 30 heavy (non-hydrogen) atoms. The van der Waals surface area contributed by atoms with Crippen LogP contribution in [0.1, 0.15) is 53.6 Å². The molecule has 0 aliphatic heterocycles. The van der Waals surface area contributed by atoms with Crippen LogP contribution in [0.4, 0.5) is 0 Å². The van der Waals surface area contributed by atoms with E-state index in [9.17, 15) is 0 Å². The molecule has 0 unspecified atom stereocenters. The van der Waals surface area contributed by atoms with Crippen LogP contribution in [0.25, 0.3) is 0 Å². The molecule has 0 saturated heterocycles. The average molecular weight is 393 g/mol. The van der Waals surface area contributed by atoms with Crippen molar-refractivity contribution >= 4 is 0 Å². The zero-order chi connectivity index (χ0) is 21.3. The summed E-state index contributed by atoms with van der Waals surface area (Å²) < 4.78 is 0. The minimum absolute atomic E-state index is 0.294. The number of hydrogen-bond acceptors (Lipinski definition) is 0. The molecule has 0 radical (unpaired) electrons. The van der Waals surface area contributed by atoms with Gasteiger partial charge in [0.25, 0.3) is 0 Å². The topological polar surface area (TPSA) is 0 Å². The van der Waals surface area contributed by atoms with Crippen LogP contribution in [-0.2, 0) is 5.41 Å². The van der Waals surface area contributed by atoms with Crippen LogP contribution in [0, 0.1) is 26.7 Å². The maximum Gasteiger partial charge on any atom is 0.0667 e. The largest absolute Gasteiger partial charge is 0.0769 e. The smallest absolute Gasteiger partial charge is 0.0667 e. The molecular formula is C30H32. The third-order valence-electron chi connectivity index (χ3n) is 6.40. The lowest BCUT2D eigenvalue weighted by atomic mass is 9.63. The number of benzene rings is 3. The third-order valence-corrected chi connectivity index (χ3v) is 6.40. The monoisotopic (exact) mass is 392 g/mol. The molecule has 0 nitrogen and oxygen atoms in total. The lowest BCUT2D eigenvalue weighted by Gasteiger charge is -2.38. The van der Waals surface area contributed by atoms with Crippen molar-refractivity contribution in [3.63, 3.8) is 0 Å². The number of hydrogen-bond donors (Lipinski definition) is 0. The Morgan fingerprint density at radius 1 is 0.667 bits per heavy atom. The van der Waals surface area contributed by atoms with Crippen LogP contribution in [0.2, 0.25) is 0 Å². The van der Waals surface area contributed by atoms with Crippen LogP contribution in [0.3, 0.4) is 0 Å². The maximum absolute atomic E-state index is 2.47. The van der Waals surface area contributed by atoms with Gasteiger partial charge >= 0.3 is 0 Å². The third kappa shape index (κ3) is 3.56. The fourth-order valence-corrected chi connectivity index (χ4v) is 4.90. The highest BCUT2D eigenvalue weighted by Gasteiger charge is 2.41. The van der Waals surface area contributed by atoms with Crippen molar-refractivity contribution in [2.75, 3.05) is 0 Å². The average Bonchev–Trinajstić information content (AvgIpc) is 3.20. The zero-order valence-corrected chi connectivity index (χ0v) is 18.9. The Morgan fingerprint density at radius 2 is 1.10 bits per heavy atom. The highest BCUT2D eigenvalue weighted by molar-refractivity contribution is 5.62. The Kier molecular flexibility index (Phi) is 5.52. The first-order valence-corrected chi connectivity index (χ1v) is 11.0. The Bertz CT molecular complexity index is 1010. The summed E-state index contributed by atoms with van der Waals surface area (Å²) in [6.45, 7) is 11.2. The molecule has 0 fully saturated rings. The van der Waals surface area contributed by atoms with Crippen molar-refractivity contribution in [1.29, 1.82) is 0 Å². The summed E-state index contributed by atoms with van der Waals surface area (Å²) in [7, 11) is 0. The fourth-order valence-electron chi connectivity index (χ4n) is 4.90. The Morgan fingerprint density at radius 3 is 1.43 bits per heavy atom. The van der Waals surface area contributed by atoms with Gasteiger partial charge in [0.15, 0.2) is 0 Å². The highest BCUT2D eigenvalue weighted by Crippen LogP contribution is 2.49. The maximum atomic E-state index is 2.47. The van der Waals surface area contributed by atoms with Gasteiger partial charge in [-0.2, -0.15) is 0 Å². The number of aryl methyl sites for hydroxylation is 3. The van der Waals surface area contributed by atoms with E-state index < -0.39 is 0 Å². The normalized spacial score (nSPS) is 14.1. The molecule has 4 rings (SSSR count). The summed E-state index contributed by atoms with van der Waals surface area (Å²) >= 11 is 0. The van der Waals surface area contributed by atoms with Crippen LogP contribution < -0.4 is 0 Å². The van der Waals surface area contributed by atoms with Gasteiger partial charge in [-0.15, -0.1) is 0 Å². The lowest BCUT2D eigenvalue weighted by Crippen LogP contribution is -2.32. The second kappa shape index (κ2) is 8.11. The Balaban J connectivity index is 2.10. The molecule has 3 aromatic rings. The standard InChI is InChI=1S/C30H32/c1-21(2)25-15-16-29(20-25)30(26-12-6-9-22(3)17-26,27-13-7-10-23(4)18-27)28-14-8-11-24(5)19-28/h6-15,17-21H,16H2,1-5H3. The summed E-state index contributed by atoms with van der Waals surface area (Å²) in [6, 6.07) is 27.3. The van der Waals surface area contributed by atoms with Crippen LogP contribution in [0.15, 0.2) is 96.1 Å². The second-order valence-corrected chi connectivity index (χ2v) is 9.09. The van der Waals surface area contributed by atoms with E-state index >= 15 is 0 Å². The first-order valence-electron chi connectivity index (χ1n) is 11.0. The molecule has 1 aliphatic rings. The first-order chi connectivity index (χ1) is 14.4. The van der Waals surface area contributed by atoms with Gasteiger partial charge < -0.3 is 0 Å². The summed E-state index contributed by atoms with van der Waals surface area (Å²) in [4.78, 5) is 0. The molecule has 3 aromatic carbocycles. The number of rotatable bonds is 5. The van der Waals surface area contributed by atoms with E-state index in [0.717, 1.165) is 6.42 Å². The van der Waals surface area contributed by atoms with Gasteiger partial charge in [-0.25, -0.2) is 0 Å². The van der Waals surface area contributed by atoms with Crippen molar-refractivity contribution in [3.05, 3.63) is 129 Å². The van der Waals surface area contributed by atoms with Gasteiger partial charge in [0.05, 0.1) is 5.41 Å². The van der Waals surface area contributed by atoms with E-state index in [0.29, 0.717) is 5.92 Å². The van der Waals surface area contributed by atoms with Crippen molar-refractivity contribution in [2.24, 2.45) is 5.92 Å². The van der Waals surface area contributed by atoms with Crippen molar-refractivity contribution in [3.8, 4) is 0 Å². The van der Waals surface area contributed by atoms with Gasteiger partial charge in [-0.3, -0.25) is 0 Å². The van der Waals surface area contributed by atoms with E-state index in [1.807, 2.05) is 0 Å². The van der Waals surface area contributed by atoms with E-state index in [4.69, 9.17) is 0 Å². The van der Waals surface area contributed by atoms with Crippen molar-refractivity contribution in [2.45, 2.75) is 46.5 Å². The molecule has 152 valence electrons. The van der Waals surface area contributed by atoms with Crippen LogP contribution in [0.5, 0.6) is 0 Å². The molecule has 1 aliphatic carbocycles. The minimum Gasteiger partial charge on any atom is -0.0769 e. The van der Waals surface area contributed by atoms with Gasteiger partial charge in [0.1, 0.15) is 0 Å². The molecule has 0 amide bonds. The summed E-state index contributed by atoms with van der Waals surface area (Å²) in [5.74, 6) is 0.535. The zero-order valence-electron chi connectivity index (χ0n) is 18.9. The van der Waals surface area contributed by atoms with Gasteiger partial charge in [0, 0.05) is 0 Å². The molecule has 0 aromatic heterocycles. The predicted molar refractivity (Wildman–Crippen MR) is 129 cm³/mol. The fraction of sp³-hybridized carbons (Fsp3) is 0.267. The Hall–Kier alpha value is -2.86. The summed E-state index contributed by atoms with van der Waals surface area (Å²) in [6.07, 6.45) is 5.89. The molecular weight excluding hydrogens is 360 g/mol. The van der Waals surface area contributed by atoms with Crippen molar-refractivity contribution < 1.29 is 0 Å². The molecule has 0 heterocycles. The van der Waals surface area contributed by atoms with E-state index in [2.05, 4.69) is 120 Å². The van der Waals surface area contributed by atoms with Crippen molar-refractivity contribution in [1.82, 2.24) is 0 Å². The van der Waals surface area contributed by atoms with E-state index in [1.165, 1.54) is 44.5 Å². The quantitative estimate of drug-likeness (QED) is 0.388. The van der Waals surface area contributed by atoms with Crippen LogP contribution >= 0.6 is 0 Å². The first kappa shape index (κ1) is 20.4. The van der Waals surface area contributed by atoms with Gasteiger partial charge in [-0.1, -0.05) is 115 Å². The second-order valence-electron chi connectivity index (χ2n) is 9.09. The molecule has 0 bridgehead atoms. The highest BCUT2D eigenvalue weighted by atomic mass is 14.4. The van der Waals surface area contributed by atoms with Crippen LogP contribution in [-0.4, -0.2) is 0 Å². The molecule has 0 spiro atoms. The molecule has 0 heteroatoms. The lowest BCUT2D eigenvalue weighted by molar-refractivity contribution is 0.708. The number of allylic oxidation sites excluding steroid dienone is 4. The molecule has 0 N–H and O–H groups in total. The van der Waals surface area contributed by atoms with E-state index in [-0.39, 0.29) is 5.41 Å². The predicted octanol–water partition coefficient (Wildman–Crippen LogP) is 7.86. The van der Waals surface area contributed by atoms with E-state index in [1.54, 1.807) is 0 Å². The SMILES string of the molecule is Cc1cccc(C(C2=CC(C(C)C)=CC2)(c2cccc(C)c2)c2cccc(C)c2)c1. The minimum atomic E-state index is -0.294.